The molecule has 0 saturated heterocycles. The third-order valence-corrected chi connectivity index (χ3v) is 3.28. The molecule has 0 unspecified atom stereocenters. The van der Waals surface area contributed by atoms with E-state index in [1.165, 1.54) is 0 Å². The molecule has 1 rings (SSSR count). The topological polar surface area (TPSA) is 56.8 Å². The second kappa shape index (κ2) is 10.00. The molecule has 2 N–H and O–H groups in total. The van der Waals surface area contributed by atoms with E-state index in [1.54, 1.807) is 12.1 Å². The van der Waals surface area contributed by atoms with Crippen LogP contribution in [-0.4, -0.2) is 32.1 Å². The van der Waals surface area contributed by atoms with Crippen molar-refractivity contribution in [3.63, 3.8) is 0 Å². The molecule has 4 nitrogen and oxygen atoms in total. The Hall–Kier alpha value is -0.810. The van der Waals surface area contributed by atoms with Gasteiger partial charge in [-0.3, -0.25) is 0 Å². The lowest BCUT2D eigenvalue weighted by Crippen LogP contribution is -2.09. The van der Waals surface area contributed by atoms with Crippen LogP contribution in [0.15, 0.2) is 23.4 Å². The summed E-state index contributed by atoms with van der Waals surface area (Å²) in [6.45, 7) is 4.18. The Kier molecular flexibility index (Phi) is 8.62. The van der Waals surface area contributed by atoms with E-state index in [1.807, 2.05) is 13.0 Å². The first-order chi connectivity index (χ1) is 9.69. The van der Waals surface area contributed by atoms with Gasteiger partial charge in [0.15, 0.2) is 0 Å². The van der Waals surface area contributed by atoms with E-state index in [0.29, 0.717) is 36.4 Å². The van der Waals surface area contributed by atoms with Gasteiger partial charge in [0, 0.05) is 25.3 Å². The number of nitrogens with two attached hydrogens (primary N) is 1. The molecule has 0 saturated carbocycles. The number of hydrogen-bond acceptors (Lipinski definition) is 4. The number of ether oxygens (including phenoxy) is 1. The smallest absolute Gasteiger partial charge is 0.129 e. The SMILES string of the molecule is CCOCCCC(=NOCCN)c1ccc(Cl)c(Cl)c1. The summed E-state index contributed by atoms with van der Waals surface area (Å²) in [7, 11) is 0. The van der Waals surface area contributed by atoms with E-state index in [-0.39, 0.29) is 0 Å². The number of hydrogen-bond donors (Lipinski definition) is 1. The van der Waals surface area contributed by atoms with Crippen LogP contribution >= 0.6 is 23.2 Å². The molecule has 6 heteroatoms. The molecule has 0 radical (unpaired) electrons. The quantitative estimate of drug-likeness (QED) is 0.431. The lowest BCUT2D eigenvalue weighted by molar-refractivity contribution is 0.143. The summed E-state index contributed by atoms with van der Waals surface area (Å²) in [6.07, 6.45) is 1.60. The average molecular weight is 319 g/mol. The molecule has 1 aromatic carbocycles. The highest BCUT2D eigenvalue weighted by molar-refractivity contribution is 6.42. The van der Waals surface area contributed by atoms with Gasteiger partial charge in [-0.25, -0.2) is 0 Å². The zero-order valence-corrected chi connectivity index (χ0v) is 13.1. The van der Waals surface area contributed by atoms with Crippen LogP contribution in [0.4, 0.5) is 0 Å². The van der Waals surface area contributed by atoms with Crippen molar-refractivity contribution >= 4 is 28.9 Å². The molecule has 0 aliphatic carbocycles. The largest absolute Gasteiger partial charge is 0.394 e. The minimum Gasteiger partial charge on any atom is -0.394 e. The first-order valence-corrected chi connectivity index (χ1v) is 7.36. The molecular formula is C14H20Cl2N2O2. The van der Waals surface area contributed by atoms with Crippen molar-refractivity contribution < 1.29 is 9.57 Å². The first-order valence-electron chi connectivity index (χ1n) is 6.61. The van der Waals surface area contributed by atoms with Crippen LogP contribution in [0.2, 0.25) is 10.0 Å². The van der Waals surface area contributed by atoms with Gasteiger partial charge in [-0.2, -0.15) is 0 Å². The van der Waals surface area contributed by atoms with Gasteiger partial charge < -0.3 is 15.3 Å². The van der Waals surface area contributed by atoms with Gasteiger partial charge in [0.1, 0.15) is 6.61 Å². The third kappa shape index (κ3) is 6.09. The lowest BCUT2D eigenvalue weighted by atomic mass is 10.1. The average Bonchev–Trinajstić information content (AvgIpc) is 2.45. The Labute approximate surface area is 129 Å². The van der Waals surface area contributed by atoms with Gasteiger partial charge in [-0.15, -0.1) is 0 Å². The fourth-order valence-corrected chi connectivity index (χ4v) is 1.88. The van der Waals surface area contributed by atoms with E-state index in [4.69, 9.17) is 38.5 Å². The van der Waals surface area contributed by atoms with Gasteiger partial charge >= 0.3 is 0 Å². The number of halogens is 2. The lowest BCUT2D eigenvalue weighted by Gasteiger charge is -2.08. The molecule has 0 fully saturated rings. The van der Waals surface area contributed by atoms with Gasteiger partial charge in [0.25, 0.3) is 0 Å². The van der Waals surface area contributed by atoms with Gasteiger partial charge in [0.05, 0.1) is 15.8 Å². The van der Waals surface area contributed by atoms with Crippen LogP contribution in [-0.2, 0) is 9.57 Å². The maximum absolute atomic E-state index is 6.03. The summed E-state index contributed by atoms with van der Waals surface area (Å²) < 4.78 is 5.33. The van der Waals surface area contributed by atoms with Crippen molar-refractivity contribution in [1.82, 2.24) is 0 Å². The van der Waals surface area contributed by atoms with E-state index >= 15 is 0 Å². The van der Waals surface area contributed by atoms with Crippen molar-refractivity contribution in [1.29, 1.82) is 0 Å². The predicted molar refractivity (Wildman–Crippen MR) is 83.7 cm³/mol. The standard InChI is InChI=1S/C14H20Cl2N2O2/c1-2-19-8-3-4-14(18-20-9-7-17)11-5-6-12(15)13(16)10-11/h5-6,10H,2-4,7-9,17H2,1H3. The summed E-state index contributed by atoms with van der Waals surface area (Å²) in [5.74, 6) is 0. The molecule has 0 aromatic heterocycles. The summed E-state index contributed by atoms with van der Waals surface area (Å²) >= 11 is 11.9. The molecule has 0 bridgehead atoms. The van der Waals surface area contributed by atoms with E-state index in [9.17, 15) is 0 Å². The van der Waals surface area contributed by atoms with E-state index < -0.39 is 0 Å². The van der Waals surface area contributed by atoms with Gasteiger partial charge in [-0.1, -0.05) is 34.4 Å². The Balaban J connectivity index is 2.74. The molecule has 0 aliphatic heterocycles. The van der Waals surface area contributed by atoms with Crippen molar-refractivity contribution in [3.05, 3.63) is 33.8 Å². The molecule has 0 spiro atoms. The second-order valence-electron chi connectivity index (χ2n) is 4.09. The van der Waals surface area contributed by atoms with Crippen LogP contribution in [0.25, 0.3) is 0 Å². The summed E-state index contributed by atoms with van der Waals surface area (Å²) in [4.78, 5) is 5.17. The monoisotopic (exact) mass is 318 g/mol. The molecule has 20 heavy (non-hydrogen) atoms. The fourth-order valence-electron chi connectivity index (χ4n) is 1.58. The van der Waals surface area contributed by atoms with Crippen LogP contribution in [0.5, 0.6) is 0 Å². The first kappa shape index (κ1) is 17.2. The predicted octanol–water partition coefficient (Wildman–Crippen LogP) is 3.49. The van der Waals surface area contributed by atoms with Crippen molar-refractivity contribution in [2.45, 2.75) is 19.8 Å². The minimum atomic E-state index is 0.385. The van der Waals surface area contributed by atoms with Gasteiger partial charge in [0.2, 0.25) is 0 Å². The molecule has 0 aliphatic rings. The summed E-state index contributed by atoms with van der Waals surface area (Å²) in [6, 6.07) is 5.41. The van der Waals surface area contributed by atoms with E-state index in [2.05, 4.69) is 5.16 Å². The Morgan fingerprint density at radius 2 is 2.05 bits per heavy atom. The minimum absolute atomic E-state index is 0.385. The molecule has 0 heterocycles. The third-order valence-electron chi connectivity index (χ3n) is 2.54. The molecule has 0 atom stereocenters. The van der Waals surface area contributed by atoms with Crippen molar-refractivity contribution in [2.75, 3.05) is 26.4 Å². The van der Waals surface area contributed by atoms with Crippen LogP contribution in [0, 0.1) is 0 Å². The second-order valence-corrected chi connectivity index (χ2v) is 4.90. The Bertz CT molecular complexity index is 439. The van der Waals surface area contributed by atoms with E-state index in [0.717, 1.165) is 24.1 Å². The molecular weight excluding hydrogens is 299 g/mol. The van der Waals surface area contributed by atoms with Gasteiger partial charge in [-0.05, 0) is 31.9 Å². The zero-order chi connectivity index (χ0) is 14.8. The highest BCUT2D eigenvalue weighted by atomic mass is 35.5. The number of nitrogens with zero attached hydrogens (tertiary/aromatic N) is 1. The maximum Gasteiger partial charge on any atom is 0.129 e. The highest BCUT2D eigenvalue weighted by Gasteiger charge is 2.08. The molecule has 0 amide bonds. The number of benzene rings is 1. The van der Waals surface area contributed by atoms with Crippen LogP contribution in [0.3, 0.4) is 0 Å². The molecule has 1 aromatic rings. The summed E-state index contributed by atoms with van der Waals surface area (Å²) in [5.41, 5.74) is 7.10. The van der Waals surface area contributed by atoms with Crippen molar-refractivity contribution in [3.8, 4) is 0 Å². The van der Waals surface area contributed by atoms with Crippen molar-refractivity contribution in [2.24, 2.45) is 10.9 Å². The highest BCUT2D eigenvalue weighted by Crippen LogP contribution is 2.23. The Morgan fingerprint density at radius 1 is 1.25 bits per heavy atom. The normalized spacial score (nSPS) is 11.7. The van der Waals surface area contributed by atoms with Crippen LogP contribution in [0.1, 0.15) is 25.3 Å². The summed E-state index contributed by atoms with van der Waals surface area (Å²) in [5, 5.41) is 5.15. The maximum atomic E-state index is 6.03. The Morgan fingerprint density at radius 3 is 2.70 bits per heavy atom. The zero-order valence-electron chi connectivity index (χ0n) is 11.6. The fraction of sp³-hybridized carbons (Fsp3) is 0.500. The number of oxime groups is 1. The number of rotatable bonds is 9. The van der Waals surface area contributed by atoms with Crippen LogP contribution < -0.4 is 5.73 Å². The molecule has 112 valence electrons.